The average molecular weight is 501 g/mol. The second-order valence-corrected chi connectivity index (χ2v) is 7.51. The van der Waals surface area contributed by atoms with Gasteiger partial charge in [0.2, 0.25) is 0 Å². The first kappa shape index (κ1) is 23.3. The summed E-state index contributed by atoms with van der Waals surface area (Å²) in [5.41, 5.74) is 4.36. The van der Waals surface area contributed by atoms with Gasteiger partial charge in [0.25, 0.3) is 5.91 Å². The van der Waals surface area contributed by atoms with Crippen LogP contribution in [0.25, 0.3) is 0 Å². The number of halogens is 2. The Kier molecular flexibility index (Phi) is 8.21. The summed E-state index contributed by atoms with van der Waals surface area (Å²) < 4.78 is 30.5. The minimum Gasteiger partial charge on any atom is -0.493 e. The van der Waals surface area contributed by atoms with E-state index in [0.29, 0.717) is 35.0 Å². The van der Waals surface area contributed by atoms with Crippen molar-refractivity contribution >= 4 is 28.1 Å². The first-order valence-corrected chi connectivity index (χ1v) is 10.6. The number of hydrogen-bond acceptors (Lipinski definition) is 5. The molecule has 0 fully saturated rings. The Morgan fingerprint density at radius 1 is 1.03 bits per heavy atom. The fraction of sp³-hybridized carbons (Fsp3) is 0.167. The van der Waals surface area contributed by atoms with E-state index < -0.39 is 5.91 Å². The van der Waals surface area contributed by atoms with Crippen LogP contribution in [-0.4, -0.2) is 25.8 Å². The number of hydrogen-bond donors (Lipinski definition) is 1. The van der Waals surface area contributed by atoms with E-state index >= 15 is 0 Å². The molecule has 0 aromatic heterocycles. The third kappa shape index (κ3) is 6.31. The number of carbonyl (C=O) groups excluding carboxylic acids is 1. The number of nitrogens with zero attached hydrogens (tertiary/aromatic N) is 1. The number of methoxy groups -OCH3 is 1. The molecule has 32 heavy (non-hydrogen) atoms. The number of rotatable bonds is 9. The second kappa shape index (κ2) is 11.3. The van der Waals surface area contributed by atoms with E-state index in [1.165, 1.54) is 25.5 Å². The predicted molar refractivity (Wildman–Crippen MR) is 124 cm³/mol. The fourth-order valence-electron chi connectivity index (χ4n) is 2.80. The summed E-state index contributed by atoms with van der Waals surface area (Å²) in [7, 11) is 1.51. The Balaban J connectivity index is 1.68. The lowest BCUT2D eigenvalue weighted by molar-refractivity contribution is 0.0954. The molecule has 0 atom stereocenters. The van der Waals surface area contributed by atoms with Crippen LogP contribution in [0.2, 0.25) is 0 Å². The Labute approximate surface area is 194 Å². The van der Waals surface area contributed by atoms with Gasteiger partial charge in [-0.05, 0) is 61.0 Å². The van der Waals surface area contributed by atoms with Crippen molar-refractivity contribution in [1.82, 2.24) is 5.43 Å². The zero-order valence-electron chi connectivity index (χ0n) is 17.6. The summed E-state index contributed by atoms with van der Waals surface area (Å²) in [5.74, 6) is 0.898. The van der Waals surface area contributed by atoms with Crippen LogP contribution in [0.4, 0.5) is 4.39 Å². The number of nitrogens with one attached hydrogen (secondary N) is 1. The van der Waals surface area contributed by atoms with Crippen LogP contribution >= 0.6 is 15.9 Å². The van der Waals surface area contributed by atoms with Gasteiger partial charge in [0.05, 0.1) is 19.9 Å². The van der Waals surface area contributed by atoms with Crippen LogP contribution < -0.4 is 19.6 Å². The highest BCUT2D eigenvalue weighted by atomic mass is 79.9. The van der Waals surface area contributed by atoms with Gasteiger partial charge < -0.3 is 14.2 Å². The molecular formula is C24H22BrFN2O4. The van der Waals surface area contributed by atoms with Crippen LogP contribution in [0.1, 0.15) is 28.4 Å². The maximum absolute atomic E-state index is 13.1. The summed E-state index contributed by atoms with van der Waals surface area (Å²) in [5, 5.41) is 4.05. The molecule has 0 saturated heterocycles. The molecule has 0 saturated carbocycles. The largest absolute Gasteiger partial charge is 0.493 e. The highest BCUT2D eigenvalue weighted by Crippen LogP contribution is 2.28. The minimum absolute atomic E-state index is 0.265. The van der Waals surface area contributed by atoms with Crippen LogP contribution in [-0.2, 0) is 6.61 Å². The summed E-state index contributed by atoms with van der Waals surface area (Å²) in [6.45, 7) is 2.62. The van der Waals surface area contributed by atoms with Crippen molar-refractivity contribution in [2.75, 3.05) is 13.7 Å². The highest BCUT2D eigenvalue weighted by molar-refractivity contribution is 9.10. The summed E-state index contributed by atoms with van der Waals surface area (Å²) in [6, 6.07) is 16.4. The molecule has 1 amide bonds. The molecule has 166 valence electrons. The number of carbonyl (C=O) groups is 1. The Hall–Kier alpha value is -3.39. The molecule has 3 aromatic carbocycles. The van der Waals surface area contributed by atoms with Gasteiger partial charge in [0.1, 0.15) is 18.2 Å². The molecule has 3 aromatic rings. The van der Waals surface area contributed by atoms with Crippen LogP contribution in [0.15, 0.2) is 70.2 Å². The monoisotopic (exact) mass is 500 g/mol. The van der Waals surface area contributed by atoms with Gasteiger partial charge in [-0.3, -0.25) is 4.79 Å². The van der Waals surface area contributed by atoms with Gasteiger partial charge >= 0.3 is 0 Å². The Morgan fingerprint density at radius 3 is 2.50 bits per heavy atom. The number of benzene rings is 3. The molecular weight excluding hydrogens is 479 g/mol. The predicted octanol–water partition coefficient (Wildman–Crippen LogP) is 5.34. The van der Waals surface area contributed by atoms with Crippen LogP contribution in [0.3, 0.4) is 0 Å². The molecule has 6 nitrogen and oxygen atoms in total. The number of amides is 1. The summed E-state index contributed by atoms with van der Waals surface area (Å²) in [4.78, 5) is 12.5. The molecule has 0 aliphatic heterocycles. The van der Waals surface area contributed by atoms with E-state index in [2.05, 4.69) is 26.5 Å². The molecule has 0 bridgehead atoms. The zero-order valence-corrected chi connectivity index (χ0v) is 19.2. The first-order valence-electron chi connectivity index (χ1n) is 9.81. The Bertz CT molecular complexity index is 1100. The molecule has 1 N–H and O–H groups in total. The van der Waals surface area contributed by atoms with Gasteiger partial charge in [0, 0.05) is 15.6 Å². The molecule has 3 rings (SSSR count). The van der Waals surface area contributed by atoms with Crippen molar-refractivity contribution in [2.45, 2.75) is 13.5 Å². The van der Waals surface area contributed by atoms with E-state index in [1.807, 2.05) is 19.1 Å². The van der Waals surface area contributed by atoms with Crippen molar-refractivity contribution in [3.63, 3.8) is 0 Å². The maximum atomic E-state index is 13.1. The lowest BCUT2D eigenvalue weighted by atomic mass is 10.2. The molecule has 0 aliphatic carbocycles. The third-order valence-electron chi connectivity index (χ3n) is 4.37. The van der Waals surface area contributed by atoms with Gasteiger partial charge in [-0.1, -0.05) is 28.1 Å². The molecule has 0 heterocycles. The minimum atomic E-state index is -0.397. The van der Waals surface area contributed by atoms with Crippen LogP contribution in [0, 0.1) is 5.82 Å². The number of ether oxygens (including phenoxy) is 3. The molecule has 0 spiro atoms. The first-order chi connectivity index (χ1) is 15.5. The zero-order chi connectivity index (χ0) is 22.9. The quantitative estimate of drug-likeness (QED) is 0.318. The Morgan fingerprint density at radius 2 is 1.78 bits per heavy atom. The van der Waals surface area contributed by atoms with Crippen molar-refractivity contribution < 1.29 is 23.4 Å². The van der Waals surface area contributed by atoms with E-state index in [9.17, 15) is 9.18 Å². The lowest BCUT2D eigenvalue weighted by Gasteiger charge is -2.11. The highest BCUT2D eigenvalue weighted by Gasteiger charge is 2.11. The van der Waals surface area contributed by atoms with Crippen molar-refractivity contribution in [2.24, 2.45) is 5.10 Å². The van der Waals surface area contributed by atoms with E-state index in [4.69, 9.17) is 14.2 Å². The van der Waals surface area contributed by atoms with Crippen molar-refractivity contribution in [3.05, 3.63) is 87.6 Å². The fourth-order valence-corrected chi connectivity index (χ4v) is 3.18. The van der Waals surface area contributed by atoms with Crippen molar-refractivity contribution in [1.29, 1.82) is 0 Å². The van der Waals surface area contributed by atoms with E-state index in [1.54, 1.807) is 36.4 Å². The normalized spacial score (nSPS) is 10.8. The number of hydrazone groups is 1. The molecule has 0 radical (unpaired) electrons. The maximum Gasteiger partial charge on any atom is 0.271 e. The second-order valence-electron chi connectivity index (χ2n) is 6.60. The molecule has 0 unspecified atom stereocenters. The lowest BCUT2D eigenvalue weighted by Crippen LogP contribution is -2.17. The van der Waals surface area contributed by atoms with E-state index in [-0.39, 0.29) is 12.4 Å². The van der Waals surface area contributed by atoms with Crippen LogP contribution in [0.5, 0.6) is 17.2 Å². The third-order valence-corrected chi connectivity index (χ3v) is 4.87. The van der Waals surface area contributed by atoms with Gasteiger partial charge in [-0.15, -0.1) is 0 Å². The van der Waals surface area contributed by atoms with Crippen molar-refractivity contribution in [3.8, 4) is 17.2 Å². The standard InChI is InChI=1S/C24H22BrFN2O4/c1-3-31-22-10-6-17(13-23(22)30-2)24(29)28-27-14-18-12-19(25)7-11-21(18)32-15-16-4-8-20(26)9-5-16/h4-14H,3,15H2,1-2H3,(H,28,29)/b27-14+. The van der Waals surface area contributed by atoms with Gasteiger partial charge in [-0.25, -0.2) is 9.82 Å². The molecule has 8 heteroatoms. The summed E-state index contributed by atoms with van der Waals surface area (Å²) >= 11 is 3.42. The van der Waals surface area contributed by atoms with Gasteiger partial charge in [0.15, 0.2) is 11.5 Å². The SMILES string of the molecule is CCOc1ccc(C(=O)N/N=C/c2cc(Br)ccc2OCc2ccc(F)cc2)cc1OC. The summed E-state index contributed by atoms with van der Waals surface area (Å²) in [6.07, 6.45) is 1.49. The topological polar surface area (TPSA) is 69.2 Å². The smallest absolute Gasteiger partial charge is 0.271 e. The van der Waals surface area contributed by atoms with E-state index in [0.717, 1.165) is 10.0 Å². The average Bonchev–Trinajstić information content (AvgIpc) is 2.80. The van der Waals surface area contributed by atoms with Gasteiger partial charge in [-0.2, -0.15) is 5.10 Å². The molecule has 0 aliphatic rings.